The Kier molecular flexibility index (Phi) is 1.64. The minimum Gasteiger partial charge on any atom is -0.289 e. The number of nitrogens with one attached hydrogen (secondary N) is 1. The highest BCUT2D eigenvalue weighted by atomic mass is 16.2. The van der Waals surface area contributed by atoms with Gasteiger partial charge in [0, 0.05) is 21.4 Å². The fraction of sp³-hybridized carbons (Fsp3) is 0.833. The van der Waals surface area contributed by atoms with Crippen molar-refractivity contribution in [1.82, 2.24) is 10.4 Å². The first kappa shape index (κ1) is 5.23. The van der Waals surface area contributed by atoms with Crippen molar-refractivity contribution >= 4 is 5.91 Å². The molecule has 9 heavy (non-hydrogen) atoms. The van der Waals surface area contributed by atoms with Gasteiger partial charge in [-0.2, -0.15) is 0 Å². The van der Waals surface area contributed by atoms with E-state index in [1.54, 1.807) is 5.01 Å². The number of hydrogen-bond acceptors (Lipinski definition) is 2. The van der Waals surface area contributed by atoms with Crippen LogP contribution in [-0.4, -0.2) is 24.5 Å². The maximum Gasteiger partial charge on any atom is 0.234 e. The van der Waals surface area contributed by atoms with E-state index in [2.05, 4.69) is 5.43 Å². The first-order chi connectivity index (χ1) is 4.70. The summed E-state index contributed by atoms with van der Waals surface area (Å²) >= 11 is 0. The van der Waals surface area contributed by atoms with Crippen LogP contribution < -0.4 is 5.43 Å². The van der Waals surface area contributed by atoms with E-state index in [0.717, 1.165) is 13.0 Å². The molecule has 0 spiro atoms. The van der Waals surface area contributed by atoms with Crippen LogP contribution >= 0.6 is 0 Å². The van der Waals surface area contributed by atoms with Crippen LogP contribution in [0.5, 0.6) is 0 Å². The third kappa shape index (κ3) is 2.01. The predicted octanol–water partition coefficient (Wildman–Crippen LogP) is 0.133. The van der Waals surface area contributed by atoms with Crippen molar-refractivity contribution in [1.29, 1.82) is 0 Å². The molecule has 3 heteroatoms. The van der Waals surface area contributed by atoms with Crippen LogP contribution in [-0.2, 0) is 4.79 Å². The number of rotatable bonds is 0. The molecular weight excluding hydrogens is 116 g/mol. The molecule has 0 bridgehead atoms. The van der Waals surface area contributed by atoms with Gasteiger partial charge in [-0.1, -0.05) is 0 Å². The molecule has 1 aliphatic heterocycles. The summed E-state index contributed by atoms with van der Waals surface area (Å²) in [6.07, 6.45) is 1.03. The van der Waals surface area contributed by atoms with E-state index >= 15 is 0 Å². The maximum atomic E-state index is 10.9. The molecule has 0 aromatic rings. The first-order valence-corrected chi connectivity index (χ1v) is 3.14. The highest BCUT2D eigenvalue weighted by molar-refractivity contribution is 5.75. The smallest absolute Gasteiger partial charge is 0.234 e. The van der Waals surface area contributed by atoms with E-state index in [9.17, 15) is 4.79 Å². The molecule has 1 saturated heterocycles. The summed E-state index contributed by atoms with van der Waals surface area (Å²) in [5.74, 6) is -0.181. The highest BCUT2D eigenvalue weighted by Gasteiger charge is 2.08. The van der Waals surface area contributed by atoms with E-state index in [1.165, 1.54) is 0 Å². The third-order valence-corrected chi connectivity index (χ3v) is 1.33. The Morgan fingerprint density at radius 2 is 2.56 bits per heavy atom. The summed E-state index contributed by atoms with van der Waals surface area (Å²) in [5.41, 5.74) is 2.60. The molecule has 52 valence electrons. The molecule has 0 aromatic carbocycles. The van der Waals surface area contributed by atoms with Crippen LogP contribution in [0.15, 0.2) is 0 Å². The maximum absolute atomic E-state index is 10.9. The van der Waals surface area contributed by atoms with Crippen LogP contribution in [0.3, 0.4) is 0 Å². The Balaban J connectivity index is 2.49. The van der Waals surface area contributed by atoms with Crippen molar-refractivity contribution in [2.45, 2.75) is 19.2 Å². The van der Waals surface area contributed by atoms with Crippen molar-refractivity contribution < 1.29 is 6.17 Å². The fourth-order valence-electron chi connectivity index (χ4n) is 0.851. The second kappa shape index (κ2) is 2.82. The molecule has 3 nitrogen and oxygen atoms in total. The van der Waals surface area contributed by atoms with E-state index in [0.29, 0.717) is 6.42 Å². The first-order valence-electron chi connectivity index (χ1n) is 3.72. The topological polar surface area (TPSA) is 32.3 Å². The summed E-state index contributed by atoms with van der Waals surface area (Å²) in [4.78, 5) is 10.9. The van der Waals surface area contributed by atoms with Gasteiger partial charge in [0.2, 0.25) is 5.91 Å². The molecule has 1 heterocycles. The van der Waals surface area contributed by atoms with Crippen molar-refractivity contribution in [3.63, 3.8) is 0 Å². The second-order valence-electron chi connectivity index (χ2n) is 2.24. The zero-order chi connectivity index (χ0) is 7.56. The van der Waals surface area contributed by atoms with Crippen LogP contribution in [0.2, 0.25) is 0 Å². The molecule has 1 aliphatic rings. The zero-order valence-corrected chi connectivity index (χ0v) is 5.55. The molecule has 1 atom stereocenters. The lowest BCUT2D eigenvalue weighted by atomic mass is 10.2. The lowest BCUT2D eigenvalue weighted by Gasteiger charge is -2.12. The SMILES string of the molecule is [2H]C1CCCN(C)NC1=O. The lowest BCUT2D eigenvalue weighted by molar-refractivity contribution is -0.124. The molecular formula is C6H12N2O. The Labute approximate surface area is 56.4 Å². The number of nitrogens with zero attached hydrogens (tertiary/aromatic N) is 1. The van der Waals surface area contributed by atoms with Gasteiger partial charge in [0.1, 0.15) is 0 Å². The molecule has 0 aliphatic carbocycles. The summed E-state index contributed by atoms with van der Waals surface area (Å²) in [6, 6.07) is 0. The van der Waals surface area contributed by atoms with Gasteiger partial charge in [0.25, 0.3) is 0 Å². The molecule has 0 radical (unpaired) electrons. The monoisotopic (exact) mass is 129 g/mol. The molecule has 1 amide bonds. The molecule has 1 unspecified atom stereocenters. The van der Waals surface area contributed by atoms with E-state index < -0.39 is 6.40 Å². The van der Waals surface area contributed by atoms with Crippen molar-refractivity contribution in [2.24, 2.45) is 0 Å². The number of amides is 1. The van der Waals surface area contributed by atoms with Crippen molar-refractivity contribution in [3.05, 3.63) is 0 Å². The third-order valence-electron chi connectivity index (χ3n) is 1.33. The summed E-state index contributed by atoms with van der Waals surface area (Å²) in [6.45, 7) is 0.848. The van der Waals surface area contributed by atoms with Crippen LogP contribution in [0.4, 0.5) is 0 Å². The van der Waals surface area contributed by atoms with Gasteiger partial charge in [-0.05, 0) is 12.8 Å². The molecule has 1 rings (SSSR count). The number of hydrogen-bond donors (Lipinski definition) is 1. The molecule has 0 saturated carbocycles. The largest absolute Gasteiger partial charge is 0.289 e. The summed E-state index contributed by atoms with van der Waals surface area (Å²) < 4.78 is 7.27. The van der Waals surface area contributed by atoms with Gasteiger partial charge in [-0.15, -0.1) is 0 Å². The van der Waals surface area contributed by atoms with Gasteiger partial charge < -0.3 is 0 Å². The highest BCUT2D eigenvalue weighted by Crippen LogP contribution is 2.00. The van der Waals surface area contributed by atoms with E-state index in [4.69, 9.17) is 1.37 Å². The number of carbonyl (C=O) groups is 1. The van der Waals surface area contributed by atoms with Crippen LogP contribution in [0.25, 0.3) is 0 Å². The minimum atomic E-state index is -0.565. The average molecular weight is 129 g/mol. The normalized spacial score (nSPS) is 32.8. The fourth-order valence-corrected chi connectivity index (χ4v) is 0.851. The summed E-state index contributed by atoms with van der Waals surface area (Å²) in [5, 5.41) is 1.73. The minimum absolute atomic E-state index is 0.181. The number of carbonyl (C=O) groups excluding carboxylic acids is 1. The van der Waals surface area contributed by atoms with Gasteiger partial charge in [0.05, 0.1) is 0 Å². The second-order valence-corrected chi connectivity index (χ2v) is 2.24. The Morgan fingerprint density at radius 1 is 1.78 bits per heavy atom. The zero-order valence-electron chi connectivity index (χ0n) is 6.55. The van der Waals surface area contributed by atoms with Gasteiger partial charge in [0.15, 0.2) is 0 Å². The summed E-state index contributed by atoms with van der Waals surface area (Å²) in [7, 11) is 1.82. The quantitative estimate of drug-likeness (QED) is 0.504. The van der Waals surface area contributed by atoms with Crippen molar-refractivity contribution in [2.75, 3.05) is 13.6 Å². The van der Waals surface area contributed by atoms with Crippen molar-refractivity contribution in [3.8, 4) is 0 Å². The Morgan fingerprint density at radius 3 is 3.33 bits per heavy atom. The molecule has 1 fully saturated rings. The van der Waals surface area contributed by atoms with Gasteiger partial charge in [-0.3, -0.25) is 10.2 Å². The predicted molar refractivity (Wildman–Crippen MR) is 34.6 cm³/mol. The lowest BCUT2D eigenvalue weighted by Crippen LogP contribution is -2.37. The average Bonchev–Trinajstić information content (AvgIpc) is 1.96. The van der Waals surface area contributed by atoms with Gasteiger partial charge in [-0.25, -0.2) is 5.01 Å². The van der Waals surface area contributed by atoms with Gasteiger partial charge >= 0.3 is 0 Å². The Hall–Kier alpha value is -0.570. The van der Waals surface area contributed by atoms with E-state index in [1.807, 2.05) is 7.05 Å². The number of hydrazine groups is 1. The van der Waals surface area contributed by atoms with Crippen LogP contribution in [0.1, 0.15) is 20.6 Å². The molecule has 1 N–H and O–H groups in total. The standard InChI is InChI=1S/C6H12N2O/c1-8-5-3-2-4-6(9)7-8/h2-5H2,1H3,(H,7,9)/i4D. The van der Waals surface area contributed by atoms with Crippen LogP contribution in [0, 0.1) is 0 Å². The molecule has 0 aromatic heterocycles. The Bertz CT molecular complexity index is 140. The van der Waals surface area contributed by atoms with E-state index in [-0.39, 0.29) is 5.91 Å².